The minimum Gasteiger partial charge on any atom is -0.254 e. The van der Waals surface area contributed by atoms with E-state index in [0.717, 1.165) is 32.1 Å². The number of benzene rings is 1. The Morgan fingerprint density at radius 2 is 1.68 bits per heavy atom. The van der Waals surface area contributed by atoms with Crippen LogP contribution in [0.3, 0.4) is 0 Å². The van der Waals surface area contributed by atoms with Crippen molar-refractivity contribution in [2.24, 2.45) is 14.1 Å². The molecule has 1 saturated heterocycles. The monoisotopic (exact) mass is 361 g/mol. The summed E-state index contributed by atoms with van der Waals surface area (Å²) in [6.07, 6.45) is 5.33. The number of nitrogens with zero attached hydrogens (tertiary/aromatic N) is 5. The molecule has 1 unspecified atom stereocenters. The zero-order chi connectivity index (χ0) is 17.8. The van der Waals surface area contributed by atoms with Crippen LogP contribution in [-0.2, 0) is 36.6 Å². The van der Waals surface area contributed by atoms with Gasteiger partial charge in [-0.1, -0.05) is 0 Å². The third-order valence-electron chi connectivity index (χ3n) is 5.51. The minimum atomic E-state index is -2.12. The van der Waals surface area contributed by atoms with Crippen molar-refractivity contribution >= 4 is 32.6 Å². The first-order valence-corrected chi connectivity index (χ1v) is 11.0. The summed E-state index contributed by atoms with van der Waals surface area (Å²) in [5.74, 6) is 4.78. The molecule has 1 atom stereocenters. The first-order chi connectivity index (χ1) is 11.8. The zero-order valence-electron chi connectivity index (χ0n) is 15.4. The second-order valence-corrected chi connectivity index (χ2v) is 9.76. The van der Waals surface area contributed by atoms with Gasteiger partial charge in [0.25, 0.3) is 5.52 Å². The smallest absolute Gasteiger partial charge is 0.254 e. The molecule has 6 nitrogen and oxygen atoms in total. The van der Waals surface area contributed by atoms with Gasteiger partial charge >= 0.3 is 5.95 Å². The van der Waals surface area contributed by atoms with Crippen LogP contribution in [-0.4, -0.2) is 51.9 Å². The number of piperazine rings is 1. The van der Waals surface area contributed by atoms with Crippen molar-refractivity contribution in [3.8, 4) is 0 Å². The molecule has 1 fully saturated rings. The van der Waals surface area contributed by atoms with E-state index in [-0.39, 0.29) is 0 Å². The number of hydrogen-bond donors (Lipinski definition) is 0. The topological polar surface area (TPSA) is 44.2 Å². The highest BCUT2D eigenvalue weighted by atomic mass is 32.2. The molecule has 4 rings (SSSR count). The molecular weight excluding hydrogens is 334 g/mol. The number of aromatic nitrogens is 3. The normalized spacial score (nSPS) is 20.7. The van der Waals surface area contributed by atoms with E-state index in [2.05, 4.69) is 34.5 Å². The summed E-state index contributed by atoms with van der Waals surface area (Å²) in [7, 11) is 2.01. The predicted octanol–water partition coefficient (Wildman–Crippen LogP) is -0.244. The molecule has 0 bridgehead atoms. The minimum absolute atomic E-state index is 0.756. The molecular formula is C18H27N5OS+2. The van der Waals surface area contributed by atoms with Gasteiger partial charge in [0.1, 0.15) is 0 Å². The molecule has 2 heterocycles. The van der Waals surface area contributed by atoms with Crippen molar-refractivity contribution in [3.05, 3.63) is 23.3 Å². The average Bonchev–Trinajstić information content (AvgIpc) is 3.03. The largest absolute Gasteiger partial charge is 0.461 e. The van der Waals surface area contributed by atoms with E-state index in [1.165, 1.54) is 41.4 Å². The van der Waals surface area contributed by atoms with Gasteiger partial charge in [-0.05, 0) is 47.0 Å². The summed E-state index contributed by atoms with van der Waals surface area (Å²) in [6.45, 7) is 3.15. The summed E-state index contributed by atoms with van der Waals surface area (Å²) < 4.78 is 18.3. The lowest BCUT2D eigenvalue weighted by molar-refractivity contribution is -0.734. The fourth-order valence-electron chi connectivity index (χ4n) is 4.04. The van der Waals surface area contributed by atoms with E-state index in [0.29, 0.717) is 0 Å². The van der Waals surface area contributed by atoms with E-state index in [4.69, 9.17) is 5.10 Å². The molecule has 7 heteroatoms. The van der Waals surface area contributed by atoms with Crippen molar-refractivity contribution < 1.29 is 13.5 Å². The molecule has 1 aromatic heterocycles. The van der Waals surface area contributed by atoms with Crippen LogP contribution in [0, 0.1) is 0 Å². The summed E-state index contributed by atoms with van der Waals surface area (Å²) in [6, 6.07) is 4.65. The van der Waals surface area contributed by atoms with Crippen molar-refractivity contribution in [2.45, 2.75) is 19.3 Å². The highest BCUT2D eigenvalue weighted by molar-refractivity contribution is 7.97. The van der Waals surface area contributed by atoms with Gasteiger partial charge in [0.05, 0.1) is 20.1 Å². The Hall–Kier alpha value is -1.73. The summed E-state index contributed by atoms with van der Waals surface area (Å²) in [5.41, 5.74) is 5.36. The molecule has 1 aliphatic carbocycles. The quantitative estimate of drug-likeness (QED) is 0.548. The molecule has 0 radical (unpaired) electrons. The predicted molar refractivity (Wildman–Crippen MR) is 101 cm³/mol. The summed E-state index contributed by atoms with van der Waals surface area (Å²) >= 11 is 0. The Bertz CT molecular complexity index is 946. The second-order valence-electron chi connectivity index (χ2n) is 7.32. The van der Waals surface area contributed by atoms with Crippen LogP contribution in [0.2, 0.25) is 0 Å². The van der Waals surface area contributed by atoms with Gasteiger partial charge in [-0.25, -0.2) is 8.87 Å². The number of rotatable bonds is 2. The lowest BCUT2D eigenvalue weighted by atomic mass is 10.1. The van der Waals surface area contributed by atoms with E-state index in [9.17, 15) is 4.21 Å². The van der Waals surface area contributed by atoms with Crippen molar-refractivity contribution in [1.82, 2.24) is 9.40 Å². The van der Waals surface area contributed by atoms with Crippen molar-refractivity contribution in [3.63, 3.8) is 0 Å². The highest BCUT2D eigenvalue weighted by Crippen LogP contribution is 2.25. The fraction of sp³-hybridized carbons (Fsp3) is 0.556. The van der Waals surface area contributed by atoms with E-state index in [1.807, 2.05) is 16.0 Å². The molecule has 0 amide bonds. The van der Waals surface area contributed by atoms with Gasteiger partial charge in [-0.3, -0.25) is 9.11 Å². The second kappa shape index (κ2) is 5.92. The van der Waals surface area contributed by atoms with Crippen LogP contribution >= 0.6 is 0 Å². The SMILES string of the molecule is C=S(C)(=O)N1CCN(c2n[n+](C)c3cc4c(cc3[n+]2C)CCC4)CC1. The maximum Gasteiger partial charge on any atom is 0.461 e. The zero-order valence-corrected chi connectivity index (χ0v) is 16.2. The maximum absolute atomic E-state index is 12.2. The third kappa shape index (κ3) is 2.89. The molecule has 0 N–H and O–H groups in total. The van der Waals surface area contributed by atoms with Gasteiger partial charge < -0.3 is 0 Å². The third-order valence-corrected chi connectivity index (χ3v) is 6.96. The van der Waals surface area contributed by atoms with Crippen LogP contribution in [0.1, 0.15) is 17.5 Å². The van der Waals surface area contributed by atoms with E-state index in [1.54, 1.807) is 6.26 Å². The maximum atomic E-state index is 12.2. The Kier molecular flexibility index (Phi) is 3.96. The number of aryl methyl sites for hydroxylation is 4. The van der Waals surface area contributed by atoms with E-state index >= 15 is 0 Å². The van der Waals surface area contributed by atoms with Crippen LogP contribution < -0.4 is 14.1 Å². The average molecular weight is 362 g/mol. The summed E-state index contributed by atoms with van der Waals surface area (Å²) in [5, 5.41) is 4.84. The Labute approximate surface area is 149 Å². The Morgan fingerprint density at radius 1 is 1.08 bits per heavy atom. The first-order valence-electron chi connectivity index (χ1n) is 8.89. The molecule has 25 heavy (non-hydrogen) atoms. The van der Waals surface area contributed by atoms with Crippen LogP contribution in [0.25, 0.3) is 11.0 Å². The van der Waals surface area contributed by atoms with Crippen LogP contribution in [0.15, 0.2) is 12.1 Å². The van der Waals surface area contributed by atoms with Crippen molar-refractivity contribution in [1.29, 1.82) is 0 Å². The molecule has 1 aromatic carbocycles. The molecule has 0 spiro atoms. The molecule has 2 aromatic rings. The van der Waals surface area contributed by atoms with E-state index < -0.39 is 9.71 Å². The van der Waals surface area contributed by atoms with Gasteiger partial charge in [0, 0.05) is 35.1 Å². The molecule has 0 saturated carbocycles. The number of anilines is 1. The Morgan fingerprint density at radius 3 is 2.28 bits per heavy atom. The Balaban J connectivity index is 1.72. The van der Waals surface area contributed by atoms with Gasteiger partial charge in [0.2, 0.25) is 0 Å². The molecule has 2 aliphatic rings. The lowest BCUT2D eigenvalue weighted by Gasteiger charge is -2.31. The molecule has 134 valence electrons. The standard InChI is InChI=1S/C18H27N5OS/c1-20-16-12-14-6-5-7-15(14)13-17(16)21(2)19-18(20)22-8-10-23(11-9-22)25(3,4)24/h12-13H,3,5-11H2,1-2,4H3/q+2. The highest BCUT2D eigenvalue weighted by Gasteiger charge is 2.33. The summed E-state index contributed by atoms with van der Waals surface area (Å²) in [4.78, 5) is 2.29. The lowest BCUT2D eigenvalue weighted by Crippen LogP contribution is -2.55. The first kappa shape index (κ1) is 16.7. The number of fused-ring (bicyclic) bond motifs is 2. The number of hydrogen-bond acceptors (Lipinski definition) is 3. The van der Waals surface area contributed by atoms with Crippen molar-refractivity contribution in [2.75, 3.05) is 37.3 Å². The van der Waals surface area contributed by atoms with Gasteiger partial charge in [-0.15, -0.1) is 0 Å². The fourth-order valence-corrected chi connectivity index (χ4v) is 4.97. The van der Waals surface area contributed by atoms with Crippen LogP contribution in [0.5, 0.6) is 0 Å². The van der Waals surface area contributed by atoms with Gasteiger partial charge in [-0.2, -0.15) is 0 Å². The molecule has 1 aliphatic heterocycles. The van der Waals surface area contributed by atoms with Crippen LogP contribution in [0.4, 0.5) is 5.95 Å². The van der Waals surface area contributed by atoms with Gasteiger partial charge in [0.15, 0.2) is 17.7 Å².